The van der Waals surface area contributed by atoms with Gasteiger partial charge in [-0.2, -0.15) is 4.72 Å². The van der Waals surface area contributed by atoms with E-state index in [2.05, 4.69) is 4.72 Å². The van der Waals surface area contributed by atoms with Gasteiger partial charge in [0.05, 0.1) is 9.92 Å². The summed E-state index contributed by atoms with van der Waals surface area (Å²) in [6.07, 6.45) is 0.536. The third kappa shape index (κ3) is 3.37. The Morgan fingerprint density at radius 2 is 2.09 bits per heavy atom. The molecule has 0 aromatic heterocycles. The molecule has 3 N–H and O–H groups in total. The van der Waals surface area contributed by atoms with Gasteiger partial charge in [0, 0.05) is 12.0 Å². The molecule has 1 aromatic carbocycles. The maximum atomic E-state index is 12.5. The van der Waals surface area contributed by atoms with Gasteiger partial charge in [0.15, 0.2) is 0 Å². The van der Waals surface area contributed by atoms with E-state index in [1.807, 2.05) is 6.92 Å². The van der Waals surface area contributed by atoms with Gasteiger partial charge >= 0.3 is 0 Å². The van der Waals surface area contributed by atoms with Crippen LogP contribution in [0.25, 0.3) is 0 Å². The third-order valence-corrected chi connectivity index (χ3v) is 5.19. The van der Waals surface area contributed by atoms with Crippen LogP contribution in [0.4, 0.5) is 0 Å². The van der Waals surface area contributed by atoms with E-state index in [4.69, 9.17) is 22.1 Å². The van der Waals surface area contributed by atoms with Gasteiger partial charge in [0.1, 0.15) is 17.9 Å². The van der Waals surface area contributed by atoms with Crippen LogP contribution < -0.4 is 15.2 Å². The van der Waals surface area contributed by atoms with E-state index in [-0.39, 0.29) is 21.9 Å². The van der Waals surface area contributed by atoms with Crippen molar-refractivity contribution < 1.29 is 17.9 Å². The molecule has 2 unspecified atom stereocenters. The fourth-order valence-corrected chi connectivity index (χ4v) is 4.15. The minimum atomic E-state index is -3.90. The lowest BCUT2D eigenvalue weighted by Gasteiger charge is -2.19. The molecule has 6 nitrogen and oxygen atoms in total. The molecule has 8 heteroatoms. The number of primary amides is 1. The Balaban J connectivity index is 2.37. The summed E-state index contributed by atoms with van der Waals surface area (Å²) in [6, 6.07) is 1.86. The molecule has 1 amide bonds. The second kappa shape index (κ2) is 6.06. The van der Waals surface area contributed by atoms with Crippen molar-refractivity contribution in [3.8, 4) is 5.75 Å². The number of nitrogens with two attached hydrogens (primary N) is 1. The van der Waals surface area contributed by atoms with Crippen molar-refractivity contribution in [1.29, 1.82) is 0 Å². The zero-order valence-corrected chi connectivity index (χ0v) is 14.2. The predicted octanol–water partition coefficient (Wildman–Crippen LogP) is 1.45. The van der Waals surface area contributed by atoms with Crippen molar-refractivity contribution >= 4 is 27.5 Å². The van der Waals surface area contributed by atoms with Gasteiger partial charge in [-0.05, 0) is 25.0 Å². The largest absolute Gasteiger partial charge is 0.489 e. The van der Waals surface area contributed by atoms with Gasteiger partial charge in [-0.15, -0.1) is 0 Å². The number of benzene rings is 1. The quantitative estimate of drug-likeness (QED) is 0.843. The van der Waals surface area contributed by atoms with Crippen molar-refractivity contribution in [3.05, 3.63) is 22.7 Å². The molecule has 0 spiro atoms. The highest BCUT2D eigenvalue weighted by Crippen LogP contribution is 2.38. The average Bonchev–Trinajstić information content (AvgIpc) is 2.76. The fraction of sp³-hybridized carbons (Fsp3) is 0.500. The lowest BCUT2D eigenvalue weighted by Crippen LogP contribution is -2.47. The van der Waals surface area contributed by atoms with E-state index in [0.717, 1.165) is 5.56 Å². The molecule has 1 aliphatic heterocycles. The minimum Gasteiger partial charge on any atom is -0.489 e. The summed E-state index contributed by atoms with van der Waals surface area (Å²) in [7, 11) is -3.90. The first-order valence-electron chi connectivity index (χ1n) is 6.92. The molecule has 1 aliphatic rings. The zero-order valence-electron chi connectivity index (χ0n) is 12.6. The average molecular weight is 347 g/mol. The van der Waals surface area contributed by atoms with Crippen molar-refractivity contribution in [2.45, 2.75) is 44.2 Å². The van der Waals surface area contributed by atoms with E-state index in [1.54, 1.807) is 13.8 Å². The number of hydrogen-bond acceptors (Lipinski definition) is 4. The number of sulfonamides is 1. The Bertz CT molecular complexity index is 703. The van der Waals surface area contributed by atoms with E-state index >= 15 is 0 Å². The molecular weight excluding hydrogens is 328 g/mol. The van der Waals surface area contributed by atoms with Crippen LogP contribution >= 0.6 is 11.6 Å². The van der Waals surface area contributed by atoms with E-state index < -0.39 is 22.0 Å². The number of carbonyl (C=O) groups excluding carboxylic acids is 1. The minimum absolute atomic E-state index is 0.000787. The number of halogens is 1. The number of fused-ring (bicyclic) bond motifs is 1. The van der Waals surface area contributed by atoms with Gasteiger partial charge in [-0.3, -0.25) is 4.79 Å². The molecule has 0 radical (unpaired) electrons. The number of rotatable bonds is 5. The second-order valence-corrected chi connectivity index (χ2v) is 7.89. The topological polar surface area (TPSA) is 98.5 Å². The van der Waals surface area contributed by atoms with Gasteiger partial charge in [0.25, 0.3) is 0 Å². The molecule has 0 fully saturated rings. The van der Waals surface area contributed by atoms with Gasteiger partial charge in [-0.25, -0.2) is 8.42 Å². The number of ether oxygens (including phenoxy) is 1. The van der Waals surface area contributed by atoms with Crippen molar-refractivity contribution in [2.24, 2.45) is 11.7 Å². The Morgan fingerprint density at radius 3 is 2.64 bits per heavy atom. The zero-order chi connectivity index (χ0) is 16.7. The predicted molar refractivity (Wildman–Crippen MR) is 83.4 cm³/mol. The maximum absolute atomic E-state index is 12.5. The number of carbonyl (C=O) groups is 1. The lowest BCUT2D eigenvalue weighted by molar-refractivity contribution is -0.120. The molecule has 1 aromatic rings. The van der Waals surface area contributed by atoms with Crippen LogP contribution in [0.1, 0.15) is 26.3 Å². The first-order valence-corrected chi connectivity index (χ1v) is 8.78. The SMILES string of the molecule is CC1Cc2cc(S(=O)(=O)NC(C(N)=O)C(C)C)cc(Cl)c2O1. The lowest BCUT2D eigenvalue weighted by atomic mass is 10.1. The smallest absolute Gasteiger partial charge is 0.241 e. The summed E-state index contributed by atoms with van der Waals surface area (Å²) in [5, 5.41) is 0.238. The molecule has 2 atom stereocenters. The summed E-state index contributed by atoms with van der Waals surface area (Å²) in [6.45, 7) is 5.30. The highest BCUT2D eigenvalue weighted by molar-refractivity contribution is 7.89. The Kier molecular flexibility index (Phi) is 4.70. The van der Waals surface area contributed by atoms with Crippen LogP contribution in [0.2, 0.25) is 5.02 Å². The Morgan fingerprint density at radius 1 is 1.45 bits per heavy atom. The number of hydrogen-bond donors (Lipinski definition) is 2. The molecule has 0 aliphatic carbocycles. The van der Waals surface area contributed by atoms with Gasteiger partial charge in [0.2, 0.25) is 15.9 Å². The summed E-state index contributed by atoms with van der Waals surface area (Å²) >= 11 is 6.10. The van der Waals surface area contributed by atoms with Crippen LogP contribution in [0.15, 0.2) is 17.0 Å². The highest BCUT2D eigenvalue weighted by Gasteiger charge is 2.29. The molecular formula is C14H19ClN2O4S. The fourth-order valence-electron chi connectivity index (χ4n) is 2.37. The van der Waals surface area contributed by atoms with Crippen molar-refractivity contribution in [2.75, 3.05) is 0 Å². The standard InChI is InChI=1S/C14H19ClN2O4S/c1-7(2)12(14(16)18)17-22(19,20)10-5-9-4-8(3)21-13(9)11(15)6-10/h5-8,12,17H,4H2,1-3H3,(H2,16,18). The van der Waals surface area contributed by atoms with Crippen LogP contribution in [0, 0.1) is 5.92 Å². The Hall–Kier alpha value is -1.31. The molecule has 0 saturated carbocycles. The molecule has 122 valence electrons. The summed E-state index contributed by atoms with van der Waals surface area (Å²) in [5.41, 5.74) is 5.99. The molecule has 0 bridgehead atoms. The van der Waals surface area contributed by atoms with Crippen molar-refractivity contribution in [1.82, 2.24) is 4.72 Å². The second-order valence-electron chi connectivity index (χ2n) is 5.77. The van der Waals surface area contributed by atoms with E-state index in [1.165, 1.54) is 12.1 Å². The summed E-state index contributed by atoms with van der Waals surface area (Å²) in [5.74, 6) is -0.466. The number of nitrogens with one attached hydrogen (secondary N) is 1. The van der Waals surface area contributed by atoms with Crippen LogP contribution in [-0.2, 0) is 21.2 Å². The molecule has 2 rings (SSSR count). The van der Waals surface area contributed by atoms with Gasteiger partial charge < -0.3 is 10.5 Å². The van der Waals surface area contributed by atoms with E-state index in [0.29, 0.717) is 12.2 Å². The number of amides is 1. The summed E-state index contributed by atoms with van der Waals surface area (Å²) < 4.78 is 32.8. The maximum Gasteiger partial charge on any atom is 0.241 e. The third-order valence-electron chi connectivity index (χ3n) is 3.49. The van der Waals surface area contributed by atoms with Crippen LogP contribution in [0.5, 0.6) is 5.75 Å². The van der Waals surface area contributed by atoms with Crippen LogP contribution in [0.3, 0.4) is 0 Å². The van der Waals surface area contributed by atoms with Gasteiger partial charge in [-0.1, -0.05) is 25.4 Å². The Labute approximate surface area is 135 Å². The molecule has 22 heavy (non-hydrogen) atoms. The highest BCUT2D eigenvalue weighted by atomic mass is 35.5. The molecule has 0 saturated heterocycles. The van der Waals surface area contributed by atoms with Crippen molar-refractivity contribution in [3.63, 3.8) is 0 Å². The first kappa shape index (κ1) is 17.1. The summed E-state index contributed by atoms with van der Waals surface area (Å²) in [4.78, 5) is 11.4. The molecule has 1 heterocycles. The monoisotopic (exact) mass is 346 g/mol. The van der Waals surface area contributed by atoms with Crippen LogP contribution in [-0.4, -0.2) is 26.5 Å². The first-order chi connectivity index (χ1) is 10.1. The van der Waals surface area contributed by atoms with E-state index in [9.17, 15) is 13.2 Å². The normalized spacial score (nSPS) is 18.9.